The number of amides is 1. The molecule has 1 saturated carbocycles. The van der Waals surface area contributed by atoms with E-state index in [-0.39, 0.29) is 35.7 Å². The third kappa shape index (κ3) is 9.44. The number of likely N-dealkylation sites (tertiary alicyclic amines) is 1. The number of nitrogens with two attached hydrogens (primary N) is 1. The largest absolute Gasteiger partial charge is 0.493 e. The maximum absolute atomic E-state index is 13.3. The quantitative estimate of drug-likeness (QED) is 0.201. The Labute approximate surface area is 277 Å². The van der Waals surface area contributed by atoms with Gasteiger partial charge in [0.1, 0.15) is 33.6 Å². The molecule has 1 aromatic carbocycles. The van der Waals surface area contributed by atoms with Crippen molar-refractivity contribution < 1.29 is 27.5 Å². The van der Waals surface area contributed by atoms with E-state index >= 15 is 0 Å². The highest BCUT2D eigenvalue weighted by Crippen LogP contribution is 2.31. The van der Waals surface area contributed by atoms with Crippen molar-refractivity contribution in [2.75, 3.05) is 37.0 Å². The number of ether oxygens (including phenoxy) is 2. The van der Waals surface area contributed by atoms with Crippen LogP contribution in [0.3, 0.4) is 0 Å². The highest BCUT2D eigenvalue weighted by molar-refractivity contribution is 7.90. The molecule has 47 heavy (non-hydrogen) atoms. The lowest BCUT2D eigenvalue weighted by molar-refractivity contribution is -0.154. The van der Waals surface area contributed by atoms with Crippen molar-refractivity contribution in [1.29, 1.82) is 0 Å². The van der Waals surface area contributed by atoms with Crippen molar-refractivity contribution >= 4 is 38.6 Å². The number of carbonyl (C=O) groups is 2. The van der Waals surface area contributed by atoms with Gasteiger partial charge in [-0.1, -0.05) is 19.9 Å². The van der Waals surface area contributed by atoms with Crippen molar-refractivity contribution in [1.82, 2.24) is 19.4 Å². The van der Waals surface area contributed by atoms with E-state index in [1.807, 2.05) is 59.8 Å². The van der Waals surface area contributed by atoms with E-state index in [0.717, 1.165) is 36.6 Å². The van der Waals surface area contributed by atoms with Crippen LogP contribution >= 0.6 is 0 Å². The molecule has 3 heterocycles. The fraction of sp³-hybridized carbons (Fsp3) is 0.588. The number of fused-ring (bicyclic) bond motifs is 1. The molecule has 0 spiro atoms. The van der Waals surface area contributed by atoms with Crippen LogP contribution < -0.4 is 15.8 Å². The Morgan fingerprint density at radius 2 is 1.81 bits per heavy atom. The van der Waals surface area contributed by atoms with Gasteiger partial charge in [-0.3, -0.25) is 9.59 Å². The highest BCUT2D eigenvalue weighted by Gasteiger charge is 2.33. The molecule has 2 aromatic heterocycles. The molecule has 256 valence electrons. The first-order valence-corrected chi connectivity index (χ1v) is 18.8. The molecule has 3 aromatic rings. The van der Waals surface area contributed by atoms with Gasteiger partial charge in [-0.15, -0.1) is 0 Å². The summed E-state index contributed by atoms with van der Waals surface area (Å²) in [7, 11) is -3.03. The molecule has 3 N–H and O–H groups in total. The average molecular weight is 669 g/mol. The number of hydrogen-bond donors (Lipinski definition) is 2. The molecule has 1 atom stereocenters. The number of carbonyl (C=O) groups excluding carboxylic acids is 2. The van der Waals surface area contributed by atoms with Crippen molar-refractivity contribution in [2.45, 2.75) is 83.4 Å². The maximum Gasteiger partial charge on any atom is 0.323 e. The summed E-state index contributed by atoms with van der Waals surface area (Å²) in [5, 5.41) is 4.40. The average Bonchev–Trinajstić information content (AvgIpc) is 3.48. The number of sulfone groups is 1. The molecule has 1 amide bonds. The first-order valence-electron chi connectivity index (χ1n) is 16.7. The zero-order valence-electron chi connectivity index (χ0n) is 27.6. The topological polar surface area (TPSA) is 159 Å². The summed E-state index contributed by atoms with van der Waals surface area (Å²) in [6.07, 6.45) is 10.3. The van der Waals surface area contributed by atoms with E-state index in [9.17, 15) is 18.0 Å². The van der Waals surface area contributed by atoms with Gasteiger partial charge in [-0.2, -0.15) is 4.98 Å². The zero-order valence-corrected chi connectivity index (χ0v) is 28.5. The number of piperidine rings is 1. The highest BCUT2D eigenvalue weighted by atomic mass is 32.2. The molecule has 2 fully saturated rings. The van der Waals surface area contributed by atoms with Crippen LogP contribution in [0, 0.1) is 11.8 Å². The first-order chi connectivity index (χ1) is 22.5. The van der Waals surface area contributed by atoms with Gasteiger partial charge < -0.3 is 30.0 Å². The molecule has 0 bridgehead atoms. The van der Waals surface area contributed by atoms with E-state index < -0.39 is 15.9 Å². The maximum atomic E-state index is 13.3. The Bertz CT molecular complexity index is 1630. The van der Waals surface area contributed by atoms with E-state index in [2.05, 4.69) is 10.3 Å². The minimum atomic E-state index is -3.03. The Morgan fingerprint density at radius 3 is 2.51 bits per heavy atom. The van der Waals surface area contributed by atoms with Gasteiger partial charge in [-0.25, -0.2) is 13.4 Å². The van der Waals surface area contributed by atoms with Crippen LogP contribution in [0.5, 0.6) is 5.75 Å². The number of benzene rings is 1. The minimum absolute atomic E-state index is 0.00658. The lowest BCUT2D eigenvalue weighted by atomic mass is 9.85. The molecular formula is C34H48N6O6S. The lowest BCUT2D eigenvalue weighted by Gasteiger charge is -2.36. The van der Waals surface area contributed by atoms with Crippen LogP contribution in [0.2, 0.25) is 0 Å². The molecule has 1 aliphatic carbocycles. The molecule has 1 saturated heterocycles. The van der Waals surface area contributed by atoms with Gasteiger partial charge in [-0.05, 0) is 68.7 Å². The predicted molar refractivity (Wildman–Crippen MR) is 181 cm³/mol. The summed E-state index contributed by atoms with van der Waals surface area (Å²) >= 11 is 0. The lowest BCUT2D eigenvalue weighted by Crippen LogP contribution is -2.46. The summed E-state index contributed by atoms with van der Waals surface area (Å²) in [5.74, 6) is 2.22. The molecule has 0 unspecified atom stereocenters. The van der Waals surface area contributed by atoms with Crippen LogP contribution in [-0.4, -0.2) is 89.6 Å². The van der Waals surface area contributed by atoms with Crippen LogP contribution in [0.25, 0.3) is 16.7 Å². The smallest absolute Gasteiger partial charge is 0.323 e. The summed E-state index contributed by atoms with van der Waals surface area (Å²) in [6.45, 7) is 5.57. The van der Waals surface area contributed by atoms with Crippen molar-refractivity contribution in [3.8, 4) is 11.6 Å². The van der Waals surface area contributed by atoms with Gasteiger partial charge in [0.15, 0.2) is 0 Å². The van der Waals surface area contributed by atoms with Crippen molar-refractivity contribution in [3.63, 3.8) is 0 Å². The number of hydrogen-bond acceptors (Lipinski definition) is 10. The van der Waals surface area contributed by atoms with Gasteiger partial charge in [0.25, 0.3) is 0 Å². The molecule has 0 radical (unpaired) electrons. The van der Waals surface area contributed by atoms with E-state index in [1.165, 1.54) is 6.26 Å². The summed E-state index contributed by atoms with van der Waals surface area (Å²) in [4.78, 5) is 36.8. The number of esters is 1. The third-order valence-corrected chi connectivity index (χ3v) is 10.0. The molecule has 5 rings (SSSR count). The number of aromatic nitrogens is 3. The second-order valence-electron chi connectivity index (χ2n) is 13.3. The van der Waals surface area contributed by atoms with E-state index in [4.69, 9.17) is 20.2 Å². The van der Waals surface area contributed by atoms with Gasteiger partial charge in [0.2, 0.25) is 11.9 Å². The number of nitrogens with zero attached hydrogens (tertiary/aromatic N) is 4. The number of rotatable bonds is 13. The number of anilines is 1. The van der Waals surface area contributed by atoms with Crippen molar-refractivity contribution in [3.05, 3.63) is 42.7 Å². The Balaban J connectivity index is 1.10. The monoisotopic (exact) mass is 668 g/mol. The van der Waals surface area contributed by atoms with Gasteiger partial charge in [0.05, 0.1) is 17.9 Å². The summed E-state index contributed by atoms with van der Waals surface area (Å²) in [6, 6.07) is 9.17. The molecule has 12 nitrogen and oxygen atoms in total. The second-order valence-corrected chi connectivity index (χ2v) is 15.6. The first kappa shape index (κ1) is 34.6. The minimum Gasteiger partial charge on any atom is -0.493 e. The van der Waals surface area contributed by atoms with Crippen LogP contribution in [0.4, 0.5) is 5.95 Å². The van der Waals surface area contributed by atoms with Crippen LogP contribution in [0.1, 0.15) is 65.2 Å². The number of nitrogens with one attached hydrogen (secondary N) is 1. The van der Waals surface area contributed by atoms with Crippen LogP contribution in [0.15, 0.2) is 42.7 Å². The fourth-order valence-corrected chi connectivity index (χ4v) is 7.14. The normalized spacial score (nSPS) is 19.9. The standard InChI is InChI=1S/C34H48N6O6S/c1-23(2)22-28(35)33(42)46-26-13-17-39(18-14-26)32(41)24-8-10-25(11-9-24)37-34-36-16-12-31(38-34)40-19-15-27-29(40)6-4-7-30(27)45-20-5-21-47(3,43)44/h4,6-7,12,15-16,19,23-26,28H,5,8-11,13-14,17-18,20-22,35H2,1-3H3,(H,36,37,38)/t24-,25-,28-/m0/s1. The summed E-state index contributed by atoms with van der Waals surface area (Å²) < 4.78 is 36.4. The van der Waals surface area contributed by atoms with E-state index in [0.29, 0.717) is 68.8 Å². The Morgan fingerprint density at radius 1 is 1.06 bits per heavy atom. The van der Waals surface area contributed by atoms with Crippen molar-refractivity contribution in [2.24, 2.45) is 17.6 Å². The SMILES string of the molecule is CC(C)C[C@H](N)C(=O)OC1CCN(C(=O)[C@H]2CC[C@H](Nc3nccc(-n4ccc5c(OCCCS(C)(=O)=O)cccc54)n3)CC2)CC1. The van der Waals surface area contributed by atoms with Gasteiger partial charge >= 0.3 is 5.97 Å². The van der Waals surface area contributed by atoms with E-state index in [1.54, 1.807) is 6.20 Å². The van der Waals surface area contributed by atoms with Gasteiger partial charge in [0, 0.05) is 61.9 Å². The predicted octanol–water partition coefficient (Wildman–Crippen LogP) is 4.11. The zero-order chi connectivity index (χ0) is 33.6. The Hall–Kier alpha value is -3.71. The molecule has 13 heteroatoms. The summed E-state index contributed by atoms with van der Waals surface area (Å²) in [5.41, 5.74) is 6.90. The van der Waals surface area contributed by atoms with Crippen LogP contribution in [-0.2, 0) is 24.2 Å². The molecule has 2 aliphatic rings. The molecular weight excluding hydrogens is 620 g/mol. The Kier molecular flexibility index (Phi) is 11.4. The third-order valence-electron chi connectivity index (χ3n) is 8.97. The molecule has 1 aliphatic heterocycles. The second kappa shape index (κ2) is 15.5. The fourth-order valence-electron chi connectivity index (χ4n) is 6.50.